The molecule has 2 atom stereocenters. The van der Waals surface area contributed by atoms with Gasteiger partial charge in [-0.05, 0) is 24.6 Å². The maximum atomic E-state index is 11.9. The zero-order valence-corrected chi connectivity index (χ0v) is 9.63. The number of amides is 1. The predicted octanol–water partition coefficient (Wildman–Crippen LogP) is 0.698. The first-order valence-corrected chi connectivity index (χ1v) is 5.72. The van der Waals surface area contributed by atoms with Crippen molar-refractivity contribution in [3.8, 4) is 0 Å². The normalized spacial score (nSPS) is 28.5. The number of rotatable bonds is 2. The smallest absolute Gasteiger partial charge is 0.256 e. The molecule has 1 spiro atoms. The molecule has 6 nitrogen and oxygen atoms in total. The molecule has 4 N–H and O–H groups in total. The lowest BCUT2D eigenvalue weighted by atomic mass is 10.2. The van der Waals surface area contributed by atoms with Crippen LogP contribution in [0.25, 0.3) is 0 Å². The maximum Gasteiger partial charge on any atom is 0.256 e. The van der Waals surface area contributed by atoms with Gasteiger partial charge >= 0.3 is 0 Å². The van der Waals surface area contributed by atoms with Crippen LogP contribution in [0.15, 0.2) is 52.6 Å². The van der Waals surface area contributed by atoms with Gasteiger partial charge in [0.15, 0.2) is 0 Å². The quantitative estimate of drug-likeness (QED) is 0.713. The van der Waals surface area contributed by atoms with Crippen LogP contribution in [-0.2, 0) is 0 Å². The van der Waals surface area contributed by atoms with Crippen molar-refractivity contribution in [2.45, 2.75) is 18.0 Å². The summed E-state index contributed by atoms with van der Waals surface area (Å²) in [6, 6.07) is 8.98. The molecular formula is C12H13N5O. The molecule has 0 unspecified atom stereocenters. The summed E-state index contributed by atoms with van der Waals surface area (Å²) in [5.41, 5.74) is 8.65. The van der Waals surface area contributed by atoms with Gasteiger partial charge in [-0.25, -0.2) is 5.43 Å². The summed E-state index contributed by atoms with van der Waals surface area (Å²) in [6.07, 6.45) is 2.59. The molecule has 2 aliphatic rings. The highest BCUT2D eigenvalue weighted by atomic mass is 16.1. The number of hydrogen-bond acceptors (Lipinski definition) is 5. The summed E-state index contributed by atoms with van der Waals surface area (Å²) < 4.78 is 0. The summed E-state index contributed by atoms with van der Waals surface area (Å²) >= 11 is 0. The van der Waals surface area contributed by atoms with E-state index in [-0.39, 0.29) is 11.9 Å². The summed E-state index contributed by atoms with van der Waals surface area (Å²) in [7, 11) is 0. The van der Waals surface area contributed by atoms with Crippen LogP contribution in [0, 0.1) is 0 Å². The maximum absolute atomic E-state index is 11.9. The number of carbonyl (C=O) groups is 1. The average Bonchev–Trinajstić information content (AvgIpc) is 2.99. The molecule has 1 saturated carbocycles. The molecule has 0 saturated heterocycles. The van der Waals surface area contributed by atoms with Gasteiger partial charge in [-0.15, -0.1) is 0 Å². The molecule has 1 aromatic rings. The van der Waals surface area contributed by atoms with E-state index in [1.807, 2.05) is 24.3 Å². The van der Waals surface area contributed by atoms with Crippen LogP contribution in [0.3, 0.4) is 0 Å². The molecule has 0 radical (unpaired) electrons. The van der Waals surface area contributed by atoms with Crippen molar-refractivity contribution < 1.29 is 4.79 Å². The van der Waals surface area contributed by atoms with E-state index in [2.05, 4.69) is 21.1 Å². The van der Waals surface area contributed by atoms with Crippen molar-refractivity contribution >= 4 is 5.91 Å². The fourth-order valence-electron chi connectivity index (χ4n) is 1.91. The summed E-state index contributed by atoms with van der Waals surface area (Å²) in [4.78, 5) is 11.9. The van der Waals surface area contributed by atoms with Gasteiger partial charge in [0.2, 0.25) is 0 Å². The standard InChI is InChI=1S/C12H13N5O/c13-9-6-12(9)7-10(15-17-16-12)14-11(18)8-4-2-1-3-5-8/h1-5,7,9H,6,13H2,(H,14,18)(H,15,16)/t9-,12+/m1/s1. The van der Waals surface area contributed by atoms with Crippen molar-refractivity contribution in [2.24, 2.45) is 16.1 Å². The fraction of sp³-hybridized carbons (Fsp3) is 0.250. The van der Waals surface area contributed by atoms with E-state index in [4.69, 9.17) is 5.73 Å². The predicted molar refractivity (Wildman–Crippen MR) is 65.3 cm³/mol. The zero-order valence-electron chi connectivity index (χ0n) is 9.63. The van der Waals surface area contributed by atoms with Crippen LogP contribution in [-0.4, -0.2) is 17.5 Å². The third kappa shape index (κ3) is 1.86. The van der Waals surface area contributed by atoms with Crippen LogP contribution in [0.4, 0.5) is 0 Å². The highest BCUT2D eigenvalue weighted by Crippen LogP contribution is 2.41. The molecular weight excluding hydrogens is 230 g/mol. The third-order valence-electron chi connectivity index (χ3n) is 3.11. The van der Waals surface area contributed by atoms with E-state index >= 15 is 0 Å². The van der Waals surface area contributed by atoms with Gasteiger partial charge in [-0.3, -0.25) is 4.79 Å². The van der Waals surface area contributed by atoms with Crippen LogP contribution < -0.4 is 16.5 Å². The van der Waals surface area contributed by atoms with Gasteiger partial charge in [-0.2, -0.15) is 5.11 Å². The molecule has 0 aromatic heterocycles. The van der Waals surface area contributed by atoms with E-state index < -0.39 is 5.54 Å². The minimum Gasteiger partial charge on any atom is -0.325 e. The number of nitrogens with one attached hydrogen (secondary N) is 2. The first-order chi connectivity index (χ1) is 8.70. The average molecular weight is 243 g/mol. The van der Waals surface area contributed by atoms with E-state index in [9.17, 15) is 4.79 Å². The lowest BCUT2D eigenvalue weighted by molar-refractivity contribution is 0.0962. The van der Waals surface area contributed by atoms with Crippen molar-refractivity contribution in [2.75, 3.05) is 0 Å². The molecule has 1 heterocycles. The van der Waals surface area contributed by atoms with Gasteiger partial charge < -0.3 is 11.1 Å². The van der Waals surface area contributed by atoms with Crippen molar-refractivity contribution in [3.63, 3.8) is 0 Å². The van der Waals surface area contributed by atoms with Gasteiger partial charge in [0.1, 0.15) is 11.4 Å². The van der Waals surface area contributed by atoms with Crippen LogP contribution in [0.2, 0.25) is 0 Å². The Morgan fingerprint density at radius 3 is 2.83 bits per heavy atom. The number of benzene rings is 1. The number of nitrogens with two attached hydrogens (primary N) is 1. The molecule has 1 aliphatic heterocycles. The Kier molecular flexibility index (Phi) is 2.38. The summed E-state index contributed by atoms with van der Waals surface area (Å²) in [5, 5.41) is 10.6. The fourth-order valence-corrected chi connectivity index (χ4v) is 1.91. The van der Waals surface area contributed by atoms with Gasteiger partial charge in [0.05, 0.1) is 0 Å². The van der Waals surface area contributed by atoms with E-state index in [1.54, 1.807) is 12.1 Å². The Hall–Kier alpha value is -2.21. The first-order valence-electron chi connectivity index (χ1n) is 5.72. The molecule has 1 amide bonds. The Morgan fingerprint density at radius 2 is 2.17 bits per heavy atom. The number of nitrogens with zero attached hydrogens (tertiary/aromatic N) is 2. The number of carbonyl (C=O) groups excluding carboxylic acids is 1. The van der Waals surface area contributed by atoms with Crippen LogP contribution >= 0.6 is 0 Å². The molecule has 1 aliphatic carbocycles. The Bertz CT molecular complexity index is 539. The highest BCUT2D eigenvalue weighted by Gasteiger charge is 2.53. The lowest BCUT2D eigenvalue weighted by Gasteiger charge is -2.15. The molecule has 92 valence electrons. The van der Waals surface area contributed by atoms with Crippen molar-refractivity contribution in [1.82, 2.24) is 10.7 Å². The van der Waals surface area contributed by atoms with E-state index in [1.165, 1.54) is 0 Å². The first kappa shape index (κ1) is 10.9. The lowest BCUT2D eigenvalue weighted by Crippen LogP contribution is -2.33. The second kappa shape index (κ2) is 3.92. The minimum atomic E-state index is -0.412. The summed E-state index contributed by atoms with van der Waals surface area (Å²) in [6.45, 7) is 0. The molecule has 3 rings (SSSR count). The molecule has 18 heavy (non-hydrogen) atoms. The Labute approximate surface area is 104 Å². The second-order valence-corrected chi connectivity index (χ2v) is 4.49. The van der Waals surface area contributed by atoms with Gasteiger partial charge in [0.25, 0.3) is 5.91 Å². The van der Waals surface area contributed by atoms with E-state index in [0.29, 0.717) is 11.4 Å². The Balaban J connectivity index is 1.73. The zero-order chi connectivity index (χ0) is 12.6. The molecule has 6 heteroatoms. The van der Waals surface area contributed by atoms with Crippen molar-refractivity contribution in [1.29, 1.82) is 0 Å². The molecule has 1 fully saturated rings. The van der Waals surface area contributed by atoms with E-state index in [0.717, 1.165) is 6.42 Å². The molecule has 1 aromatic carbocycles. The largest absolute Gasteiger partial charge is 0.325 e. The SMILES string of the molecule is N[C@@H]1C[C@]12C=C(NC(=O)c1ccccc1)NN=N2. The van der Waals surface area contributed by atoms with Crippen molar-refractivity contribution in [3.05, 3.63) is 47.8 Å². The van der Waals surface area contributed by atoms with Gasteiger partial charge in [-0.1, -0.05) is 23.4 Å². The third-order valence-corrected chi connectivity index (χ3v) is 3.11. The minimum absolute atomic E-state index is 0.00743. The molecule has 0 bridgehead atoms. The number of hydrogen-bond donors (Lipinski definition) is 3. The Morgan fingerprint density at radius 1 is 1.44 bits per heavy atom. The second-order valence-electron chi connectivity index (χ2n) is 4.49. The van der Waals surface area contributed by atoms with Crippen LogP contribution in [0.1, 0.15) is 16.8 Å². The topological polar surface area (TPSA) is 91.9 Å². The highest BCUT2D eigenvalue weighted by molar-refractivity contribution is 5.95. The summed E-state index contributed by atoms with van der Waals surface area (Å²) in [5.74, 6) is 0.350. The monoisotopic (exact) mass is 243 g/mol. The van der Waals surface area contributed by atoms with Gasteiger partial charge in [0, 0.05) is 11.6 Å². The van der Waals surface area contributed by atoms with Crippen LogP contribution in [0.5, 0.6) is 0 Å².